The summed E-state index contributed by atoms with van der Waals surface area (Å²) in [5, 5.41) is 7.65. The molecule has 1 aromatic carbocycles. The normalized spacial score (nSPS) is 19.0. The first kappa shape index (κ1) is 17.6. The first-order chi connectivity index (χ1) is 13.5. The van der Waals surface area contributed by atoms with Crippen LogP contribution >= 0.6 is 0 Å². The number of nitrogens with zero attached hydrogens (tertiary/aromatic N) is 3. The van der Waals surface area contributed by atoms with Gasteiger partial charge in [-0.05, 0) is 48.8 Å². The van der Waals surface area contributed by atoms with Crippen LogP contribution in [0.3, 0.4) is 0 Å². The first-order valence-electron chi connectivity index (χ1n) is 10.1. The van der Waals surface area contributed by atoms with Gasteiger partial charge in [-0.1, -0.05) is 6.07 Å². The molecule has 1 aliphatic carbocycles. The summed E-state index contributed by atoms with van der Waals surface area (Å²) in [7, 11) is 0. The number of halogens is 2. The molecule has 3 aliphatic rings. The Bertz CT molecular complexity index is 935. The molecule has 1 fully saturated rings. The average molecular weight is 386 g/mol. The van der Waals surface area contributed by atoms with Crippen molar-refractivity contribution in [2.45, 2.75) is 57.9 Å². The molecule has 148 valence electrons. The van der Waals surface area contributed by atoms with Gasteiger partial charge in [0, 0.05) is 48.9 Å². The molecular weight excluding hydrogens is 362 g/mol. The molecule has 0 radical (unpaired) electrons. The molecule has 3 heterocycles. The molecule has 5 nitrogen and oxygen atoms in total. The first-order valence-corrected chi connectivity index (χ1v) is 10.1. The molecule has 0 atom stereocenters. The standard InChI is InChI=1S/C21H24F2N4O/c1-12(28)26-8-6-18-17(11-26)21(25-24-18)27-7-2-3-14-9-15(13-4-5-13)16(20(22)23)10-19(14)27/h9-10,13,20H,2-8,11H2,1H3,(H,24,25). The van der Waals surface area contributed by atoms with E-state index in [1.165, 1.54) is 0 Å². The van der Waals surface area contributed by atoms with Gasteiger partial charge >= 0.3 is 0 Å². The number of fused-ring (bicyclic) bond motifs is 2. The number of carbonyl (C=O) groups is 1. The van der Waals surface area contributed by atoms with Crippen LogP contribution in [0.25, 0.3) is 0 Å². The van der Waals surface area contributed by atoms with Gasteiger partial charge in [-0.3, -0.25) is 9.89 Å². The Labute approximate surface area is 162 Å². The molecule has 5 rings (SSSR count). The Hall–Kier alpha value is -2.44. The average Bonchev–Trinajstić information content (AvgIpc) is 3.45. The summed E-state index contributed by atoms with van der Waals surface area (Å²) in [5.74, 6) is 1.12. The summed E-state index contributed by atoms with van der Waals surface area (Å²) in [6, 6.07) is 3.71. The number of anilines is 2. The fourth-order valence-electron chi connectivity index (χ4n) is 4.60. The zero-order chi connectivity index (χ0) is 19.4. The molecule has 1 aromatic heterocycles. The van der Waals surface area contributed by atoms with Crippen LogP contribution in [-0.2, 0) is 24.2 Å². The van der Waals surface area contributed by atoms with E-state index in [0.717, 1.165) is 72.5 Å². The number of carbonyl (C=O) groups excluding carboxylic acids is 1. The van der Waals surface area contributed by atoms with Crippen LogP contribution in [0.5, 0.6) is 0 Å². The molecule has 0 saturated heterocycles. The van der Waals surface area contributed by atoms with Gasteiger partial charge in [0.2, 0.25) is 5.91 Å². The van der Waals surface area contributed by atoms with Crippen molar-refractivity contribution in [1.82, 2.24) is 15.1 Å². The Balaban J connectivity index is 1.57. The Kier molecular flexibility index (Phi) is 4.14. The van der Waals surface area contributed by atoms with Crippen LogP contribution in [0.2, 0.25) is 0 Å². The summed E-state index contributed by atoms with van der Waals surface area (Å²) in [6.45, 7) is 3.52. The molecule has 0 spiro atoms. The number of H-pyrrole nitrogens is 1. The van der Waals surface area contributed by atoms with E-state index in [0.29, 0.717) is 19.0 Å². The SMILES string of the molecule is CC(=O)N1CCc2[nH]nc(N3CCCc4cc(C5CC5)c(C(F)F)cc43)c2C1. The lowest BCUT2D eigenvalue weighted by molar-refractivity contribution is -0.129. The number of hydrogen-bond acceptors (Lipinski definition) is 3. The Morgan fingerprint density at radius 2 is 2.07 bits per heavy atom. The second kappa shape index (κ2) is 6.57. The number of aryl methyl sites for hydroxylation is 1. The highest BCUT2D eigenvalue weighted by Crippen LogP contribution is 2.47. The largest absolute Gasteiger partial charge is 0.338 e. The van der Waals surface area contributed by atoms with Gasteiger partial charge in [0.25, 0.3) is 6.43 Å². The summed E-state index contributed by atoms with van der Waals surface area (Å²) in [6.07, 6.45) is 2.16. The van der Waals surface area contributed by atoms with Crippen LogP contribution in [0.1, 0.15) is 66.5 Å². The van der Waals surface area contributed by atoms with Gasteiger partial charge in [-0.2, -0.15) is 5.10 Å². The maximum Gasteiger partial charge on any atom is 0.264 e. The predicted molar refractivity (Wildman–Crippen MR) is 102 cm³/mol. The monoisotopic (exact) mass is 386 g/mol. The third-order valence-electron chi connectivity index (χ3n) is 6.27. The zero-order valence-corrected chi connectivity index (χ0v) is 16.0. The molecule has 1 saturated carbocycles. The van der Waals surface area contributed by atoms with Crippen LogP contribution in [0.15, 0.2) is 12.1 Å². The number of benzene rings is 1. The molecule has 0 unspecified atom stereocenters. The lowest BCUT2D eigenvalue weighted by Gasteiger charge is -2.33. The second-order valence-electron chi connectivity index (χ2n) is 8.13. The van der Waals surface area contributed by atoms with Crippen LogP contribution < -0.4 is 4.90 Å². The lowest BCUT2D eigenvalue weighted by Crippen LogP contribution is -2.35. The van der Waals surface area contributed by atoms with E-state index in [4.69, 9.17) is 0 Å². The van der Waals surface area contributed by atoms with Crippen molar-refractivity contribution in [3.8, 4) is 0 Å². The zero-order valence-electron chi connectivity index (χ0n) is 16.0. The van der Waals surface area contributed by atoms with Gasteiger partial charge in [-0.25, -0.2) is 8.78 Å². The van der Waals surface area contributed by atoms with Gasteiger partial charge in [0.05, 0.1) is 6.54 Å². The number of nitrogens with one attached hydrogen (secondary N) is 1. The number of hydrogen-bond donors (Lipinski definition) is 1. The highest BCUT2D eigenvalue weighted by atomic mass is 19.3. The molecule has 7 heteroatoms. The molecule has 1 amide bonds. The number of aromatic amines is 1. The predicted octanol–water partition coefficient (Wildman–Crippen LogP) is 4.21. The number of rotatable bonds is 3. The molecule has 2 aromatic rings. The summed E-state index contributed by atoms with van der Waals surface area (Å²) in [5.41, 5.74) is 5.04. The minimum Gasteiger partial charge on any atom is -0.338 e. The van der Waals surface area contributed by atoms with Gasteiger partial charge < -0.3 is 9.80 Å². The summed E-state index contributed by atoms with van der Waals surface area (Å²) >= 11 is 0. The van der Waals surface area contributed by atoms with Crippen LogP contribution in [0.4, 0.5) is 20.3 Å². The van der Waals surface area contributed by atoms with Gasteiger partial charge in [0.1, 0.15) is 0 Å². The van der Waals surface area contributed by atoms with Crippen LogP contribution in [-0.4, -0.2) is 34.1 Å². The van der Waals surface area contributed by atoms with Crippen molar-refractivity contribution in [3.05, 3.63) is 40.1 Å². The van der Waals surface area contributed by atoms with Crippen molar-refractivity contribution in [2.75, 3.05) is 18.0 Å². The molecular formula is C21H24F2N4O. The molecule has 2 aliphatic heterocycles. The van der Waals surface area contributed by atoms with Crippen molar-refractivity contribution in [2.24, 2.45) is 0 Å². The Morgan fingerprint density at radius 1 is 1.25 bits per heavy atom. The van der Waals surface area contributed by atoms with E-state index >= 15 is 0 Å². The van der Waals surface area contributed by atoms with E-state index in [1.54, 1.807) is 13.0 Å². The topological polar surface area (TPSA) is 52.2 Å². The van der Waals surface area contributed by atoms with Crippen LogP contribution in [0, 0.1) is 0 Å². The second-order valence-corrected chi connectivity index (χ2v) is 8.13. The minimum absolute atomic E-state index is 0.0471. The van der Waals surface area contributed by atoms with E-state index in [-0.39, 0.29) is 11.5 Å². The van der Waals surface area contributed by atoms with Gasteiger partial charge in [-0.15, -0.1) is 0 Å². The van der Waals surface area contributed by atoms with Crippen molar-refractivity contribution in [3.63, 3.8) is 0 Å². The van der Waals surface area contributed by atoms with E-state index in [9.17, 15) is 13.6 Å². The smallest absolute Gasteiger partial charge is 0.264 e. The third-order valence-corrected chi connectivity index (χ3v) is 6.27. The van der Waals surface area contributed by atoms with E-state index in [2.05, 4.69) is 15.1 Å². The molecule has 0 bridgehead atoms. The Morgan fingerprint density at radius 3 is 2.79 bits per heavy atom. The maximum atomic E-state index is 13.8. The fourth-order valence-corrected chi connectivity index (χ4v) is 4.60. The number of aromatic nitrogens is 2. The van der Waals surface area contributed by atoms with E-state index < -0.39 is 6.43 Å². The van der Waals surface area contributed by atoms with Crippen molar-refractivity contribution in [1.29, 1.82) is 0 Å². The quantitative estimate of drug-likeness (QED) is 0.860. The number of alkyl halides is 2. The summed E-state index contributed by atoms with van der Waals surface area (Å²) < 4.78 is 27.6. The van der Waals surface area contributed by atoms with E-state index in [1.807, 2.05) is 11.0 Å². The maximum absolute atomic E-state index is 13.8. The molecule has 1 N–H and O–H groups in total. The minimum atomic E-state index is -2.47. The van der Waals surface area contributed by atoms with Gasteiger partial charge in [0.15, 0.2) is 5.82 Å². The molecule has 28 heavy (non-hydrogen) atoms. The van der Waals surface area contributed by atoms with Crippen molar-refractivity contribution < 1.29 is 13.6 Å². The highest BCUT2D eigenvalue weighted by molar-refractivity contribution is 5.75. The third kappa shape index (κ3) is 2.88. The lowest BCUT2D eigenvalue weighted by atomic mass is 9.93. The number of amides is 1. The fraction of sp³-hybridized carbons (Fsp3) is 0.524. The summed E-state index contributed by atoms with van der Waals surface area (Å²) in [4.78, 5) is 15.7. The van der Waals surface area contributed by atoms with Crippen molar-refractivity contribution >= 4 is 17.4 Å². The highest BCUT2D eigenvalue weighted by Gasteiger charge is 2.33.